The SMILES string of the molecule is OCCc1nnnn1-c1ccc2c(c1)OCCCO2. The molecule has 1 aromatic heterocycles. The fourth-order valence-electron chi connectivity index (χ4n) is 1.95. The first-order valence-electron chi connectivity index (χ1n) is 6.16. The minimum absolute atomic E-state index is 0.00489. The van der Waals surface area contributed by atoms with E-state index in [0.717, 1.165) is 17.9 Å². The van der Waals surface area contributed by atoms with Crippen LogP contribution in [0.5, 0.6) is 11.5 Å². The highest BCUT2D eigenvalue weighted by Crippen LogP contribution is 2.31. The molecule has 1 aliphatic rings. The zero-order valence-corrected chi connectivity index (χ0v) is 10.3. The Kier molecular flexibility index (Phi) is 3.28. The van der Waals surface area contributed by atoms with Gasteiger partial charge in [-0.05, 0) is 22.6 Å². The molecule has 1 N–H and O–H groups in total. The Labute approximate surface area is 109 Å². The molecule has 1 aromatic carbocycles. The third-order valence-electron chi connectivity index (χ3n) is 2.85. The maximum Gasteiger partial charge on any atom is 0.163 e. The minimum atomic E-state index is 0.00489. The number of benzene rings is 1. The molecule has 0 atom stereocenters. The van der Waals surface area contributed by atoms with Crippen molar-refractivity contribution in [2.75, 3.05) is 19.8 Å². The third kappa shape index (κ3) is 2.37. The van der Waals surface area contributed by atoms with Crippen LogP contribution in [-0.2, 0) is 6.42 Å². The molecule has 0 bridgehead atoms. The molecule has 0 saturated carbocycles. The van der Waals surface area contributed by atoms with Crippen LogP contribution >= 0.6 is 0 Å². The van der Waals surface area contributed by atoms with Gasteiger partial charge in [-0.25, -0.2) is 0 Å². The number of hydrogen-bond acceptors (Lipinski definition) is 6. The van der Waals surface area contributed by atoms with Gasteiger partial charge in [0.2, 0.25) is 0 Å². The molecular formula is C12H14N4O3. The van der Waals surface area contributed by atoms with Crippen LogP contribution < -0.4 is 9.47 Å². The number of aliphatic hydroxyl groups is 1. The van der Waals surface area contributed by atoms with Crippen LogP contribution in [0.25, 0.3) is 5.69 Å². The number of tetrazole rings is 1. The molecule has 0 aliphatic carbocycles. The van der Waals surface area contributed by atoms with Gasteiger partial charge in [-0.3, -0.25) is 0 Å². The summed E-state index contributed by atoms with van der Waals surface area (Å²) in [6, 6.07) is 5.56. The fourth-order valence-corrected chi connectivity index (χ4v) is 1.95. The Bertz CT molecular complexity index is 570. The molecule has 3 rings (SSSR count). The maximum atomic E-state index is 8.99. The van der Waals surface area contributed by atoms with E-state index in [1.165, 1.54) is 0 Å². The van der Waals surface area contributed by atoms with Crippen LogP contribution in [0.4, 0.5) is 0 Å². The first-order chi connectivity index (χ1) is 9.38. The van der Waals surface area contributed by atoms with Crippen molar-refractivity contribution in [1.29, 1.82) is 0 Å². The fraction of sp³-hybridized carbons (Fsp3) is 0.417. The summed E-state index contributed by atoms with van der Waals surface area (Å²) in [5.41, 5.74) is 0.790. The van der Waals surface area contributed by atoms with E-state index in [4.69, 9.17) is 14.6 Å². The van der Waals surface area contributed by atoms with Gasteiger partial charge in [-0.2, -0.15) is 4.68 Å². The van der Waals surface area contributed by atoms with Crippen LogP contribution in [0.3, 0.4) is 0 Å². The highest BCUT2D eigenvalue weighted by molar-refractivity contribution is 5.49. The maximum absolute atomic E-state index is 8.99. The summed E-state index contributed by atoms with van der Waals surface area (Å²) in [6.07, 6.45) is 1.27. The number of aliphatic hydroxyl groups excluding tert-OH is 1. The van der Waals surface area contributed by atoms with Crippen molar-refractivity contribution in [3.63, 3.8) is 0 Å². The summed E-state index contributed by atoms with van der Waals surface area (Å²) in [5.74, 6) is 2.04. The molecule has 0 amide bonds. The molecule has 0 radical (unpaired) electrons. The van der Waals surface area contributed by atoms with Crippen molar-refractivity contribution in [2.45, 2.75) is 12.8 Å². The van der Waals surface area contributed by atoms with E-state index in [2.05, 4.69) is 15.5 Å². The van der Waals surface area contributed by atoms with Crippen LogP contribution in [-0.4, -0.2) is 45.1 Å². The average molecular weight is 262 g/mol. The second-order valence-corrected chi connectivity index (χ2v) is 4.16. The topological polar surface area (TPSA) is 82.3 Å². The van der Waals surface area contributed by atoms with Crippen molar-refractivity contribution in [2.24, 2.45) is 0 Å². The second kappa shape index (κ2) is 5.23. The molecule has 7 heteroatoms. The van der Waals surface area contributed by atoms with Crippen LogP contribution in [0.2, 0.25) is 0 Å². The van der Waals surface area contributed by atoms with Gasteiger partial charge in [0.15, 0.2) is 17.3 Å². The Hall–Kier alpha value is -2.15. The van der Waals surface area contributed by atoms with Gasteiger partial charge in [0.05, 0.1) is 25.5 Å². The van der Waals surface area contributed by atoms with Crippen molar-refractivity contribution < 1.29 is 14.6 Å². The lowest BCUT2D eigenvalue weighted by atomic mass is 10.2. The Morgan fingerprint density at radius 3 is 2.89 bits per heavy atom. The standard InChI is InChI=1S/C12H14N4O3/c17-5-4-12-13-14-15-16(12)9-2-3-10-11(8-9)19-7-1-6-18-10/h2-3,8,17H,1,4-7H2. The molecular weight excluding hydrogens is 248 g/mol. The van der Waals surface area contributed by atoms with Crippen LogP contribution in [0.15, 0.2) is 18.2 Å². The van der Waals surface area contributed by atoms with Crippen molar-refractivity contribution >= 4 is 0 Å². The Balaban J connectivity index is 1.97. The minimum Gasteiger partial charge on any atom is -0.490 e. The molecule has 1 aliphatic heterocycles. The van der Waals surface area contributed by atoms with Crippen LogP contribution in [0, 0.1) is 0 Å². The Morgan fingerprint density at radius 2 is 2.05 bits per heavy atom. The van der Waals surface area contributed by atoms with Gasteiger partial charge in [-0.1, -0.05) is 0 Å². The number of aromatic nitrogens is 4. The number of nitrogens with zero attached hydrogens (tertiary/aromatic N) is 4. The van der Waals surface area contributed by atoms with Crippen molar-refractivity contribution in [3.8, 4) is 17.2 Å². The van der Waals surface area contributed by atoms with Gasteiger partial charge in [0.1, 0.15) is 0 Å². The summed E-state index contributed by atoms with van der Waals surface area (Å²) >= 11 is 0. The highest BCUT2D eigenvalue weighted by atomic mass is 16.5. The molecule has 19 heavy (non-hydrogen) atoms. The van der Waals surface area contributed by atoms with E-state index >= 15 is 0 Å². The Morgan fingerprint density at radius 1 is 1.21 bits per heavy atom. The molecule has 2 heterocycles. The number of rotatable bonds is 3. The summed E-state index contributed by atoms with van der Waals surface area (Å²) in [6.45, 7) is 1.30. The van der Waals surface area contributed by atoms with E-state index in [1.807, 2.05) is 18.2 Å². The first kappa shape index (κ1) is 11.9. The van der Waals surface area contributed by atoms with Gasteiger partial charge in [0, 0.05) is 18.9 Å². The predicted octanol–water partition coefficient (Wildman–Crippen LogP) is 0.358. The summed E-state index contributed by atoms with van der Waals surface area (Å²) < 4.78 is 12.8. The summed E-state index contributed by atoms with van der Waals surface area (Å²) in [7, 11) is 0. The lowest BCUT2D eigenvalue weighted by Gasteiger charge is -2.09. The smallest absolute Gasteiger partial charge is 0.163 e. The number of fused-ring (bicyclic) bond motifs is 1. The molecule has 7 nitrogen and oxygen atoms in total. The zero-order valence-electron chi connectivity index (χ0n) is 10.3. The lowest BCUT2D eigenvalue weighted by Crippen LogP contribution is -2.05. The number of hydrogen-bond donors (Lipinski definition) is 1. The van der Waals surface area contributed by atoms with Crippen molar-refractivity contribution in [3.05, 3.63) is 24.0 Å². The summed E-state index contributed by atoms with van der Waals surface area (Å²) in [4.78, 5) is 0. The molecule has 0 unspecified atom stereocenters. The van der Waals surface area contributed by atoms with Crippen molar-refractivity contribution in [1.82, 2.24) is 20.2 Å². The monoisotopic (exact) mass is 262 g/mol. The number of ether oxygens (including phenoxy) is 2. The molecule has 0 saturated heterocycles. The van der Waals surface area contributed by atoms with Gasteiger partial charge < -0.3 is 14.6 Å². The molecule has 2 aromatic rings. The molecule has 100 valence electrons. The first-order valence-corrected chi connectivity index (χ1v) is 6.16. The second-order valence-electron chi connectivity index (χ2n) is 4.16. The van der Waals surface area contributed by atoms with E-state index in [-0.39, 0.29) is 6.61 Å². The van der Waals surface area contributed by atoms with Gasteiger partial charge in [-0.15, -0.1) is 5.10 Å². The zero-order chi connectivity index (χ0) is 13.1. The van der Waals surface area contributed by atoms with E-state index < -0.39 is 0 Å². The lowest BCUT2D eigenvalue weighted by molar-refractivity contribution is 0.295. The molecule has 0 spiro atoms. The van der Waals surface area contributed by atoms with E-state index in [9.17, 15) is 0 Å². The van der Waals surface area contributed by atoms with E-state index in [1.54, 1.807) is 4.68 Å². The average Bonchev–Trinajstić information content (AvgIpc) is 2.76. The summed E-state index contributed by atoms with van der Waals surface area (Å²) in [5, 5.41) is 20.4. The largest absolute Gasteiger partial charge is 0.490 e. The van der Waals surface area contributed by atoms with E-state index in [0.29, 0.717) is 31.2 Å². The van der Waals surface area contributed by atoms with Gasteiger partial charge in [0.25, 0.3) is 0 Å². The highest BCUT2D eigenvalue weighted by Gasteiger charge is 2.14. The third-order valence-corrected chi connectivity index (χ3v) is 2.85. The van der Waals surface area contributed by atoms with Crippen LogP contribution in [0.1, 0.15) is 12.2 Å². The normalized spacial score (nSPS) is 14.2. The quantitative estimate of drug-likeness (QED) is 0.860. The van der Waals surface area contributed by atoms with Gasteiger partial charge >= 0.3 is 0 Å². The predicted molar refractivity (Wildman–Crippen MR) is 65.6 cm³/mol. The molecule has 0 fully saturated rings.